The number of nitrogens with zero attached hydrogens (tertiary/aromatic N) is 3. The normalized spacial score (nSPS) is 20.0. The molecule has 0 spiro atoms. The first-order chi connectivity index (χ1) is 23.4. The fourth-order valence-corrected chi connectivity index (χ4v) is 18.1. The molecule has 0 aliphatic carbocycles. The van der Waals surface area contributed by atoms with E-state index in [-0.39, 0.29) is 20.0 Å². The molecule has 17 heteroatoms. The molecule has 272 valence electrons. The maximum Gasteiger partial charge on any atom is 0.215 e. The van der Waals surface area contributed by atoms with Crippen LogP contribution < -0.4 is 58.5 Å². The monoisotopic (exact) mass is 726 g/mol. The van der Waals surface area contributed by atoms with E-state index in [0.29, 0.717) is 38.6 Å². The molecular weight excluding hydrogens is 665 g/mol. The van der Waals surface area contributed by atoms with Gasteiger partial charge in [-0.15, -0.1) is 0 Å². The summed E-state index contributed by atoms with van der Waals surface area (Å²) >= 11 is 0. The van der Waals surface area contributed by atoms with Gasteiger partial charge >= 0.3 is 0 Å². The Labute approximate surface area is 288 Å². The number of hydrogen-bond acceptors (Lipinski definition) is 14. The fraction of sp³-hybridized carbons (Fsp3) is 0.613. The van der Waals surface area contributed by atoms with E-state index < -0.39 is 22.2 Å². The molecule has 0 radical (unpaired) electrons. The Balaban J connectivity index is 1.52. The lowest BCUT2D eigenvalue weighted by Gasteiger charge is -2.37. The molecule has 14 N–H and O–H groups in total. The van der Waals surface area contributed by atoms with E-state index in [4.69, 9.17) is 51.7 Å². The van der Waals surface area contributed by atoms with E-state index in [1.807, 2.05) is 24.3 Å². The third kappa shape index (κ3) is 13.2. The summed E-state index contributed by atoms with van der Waals surface area (Å²) in [5, 5.41) is 13.6. The SMILES string of the molecule is CCCCCCCCOc1ccc(-c2ccc(OCCCCNP3(CCN)=NP(NCN)(NCN)=NP(CCN)(NCN)=N3)cc2)cc1. The number of nitrogens with one attached hydrogen (secondary N) is 4. The zero-order valence-electron chi connectivity index (χ0n) is 28.7. The lowest BCUT2D eigenvalue weighted by Crippen LogP contribution is -2.32. The van der Waals surface area contributed by atoms with E-state index in [2.05, 4.69) is 51.5 Å². The average Bonchev–Trinajstić information content (AvgIpc) is 3.07. The van der Waals surface area contributed by atoms with Crippen LogP contribution in [0, 0.1) is 0 Å². The minimum Gasteiger partial charge on any atom is -0.494 e. The molecule has 2 aromatic carbocycles. The van der Waals surface area contributed by atoms with Gasteiger partial charge < -0.3 is 38.1 Å². The van der Waals surface area contributed by atoms with Crippen LogP contribution in [0.4, 0.5) is 0 Å². The molecule has 0 amide bonds. The first kappa shape index (κ1) is 40.8. The Morgan fingerprint density at radius 3 is 1.52 bits per heavy atom. The summed E-state index contributed by atoms with van der Waals surface area (Å²) < 4.78 is 27.5. The number of ether oxygens (including phenoxy) is 2. The predicted molar refractivity (Wildman–Crippen MR) is 206 cm³/mol. The summed E-state index contributed by atoms with van der Waals surface area (Å²) in [6, 6.07) is 16.5. The number of unbranched alkanes of at least 4 members (excludes halogenated alkanes) is 6. The van der Waals surface area contributed by atoms with Gasteiger partial charge in [0.25, 0.3) is 0 Å². The maximum absolute atomic E-state index is 6.10. The Morgan fingerprint density at radius 2 is 1.02 bits per heavy atom. The smallest absolute Gasteiger partial charge is 0.215 e. The van der Waals surface area contributed by atoms with Gasteiger partial charge in [0.1, 0.15) is 26.2 Å². The topological polar surface area (TPSA) is 234 Å². The Morgan fingerprint density at radius 1 is 0.542 bits per heavy atom. The van der Waals surface area contributed by atoms with Crippen LogP contribution in [-0.4, -0.2) is 65.2 Å². The Kier molecular flexibility index (Phi) is 18.9. The summed E-state index contributed by atoms with van der Waals surface area (Å²) in [6.07, 6.45) is 10.4. The maximum atomic E-state index is 6.10. The lowest BCUT2D eigenvalue weighted by atomic mass is 10.1. The summed E-state index contributed by atoms with van der Waals surface area (Å²) in [5.41, 5.74) is 32.2. The number of rotatable bonds is 26. The molecule has 48 heavy (non-hydrogen) atoms. The van der Waals surface area contributed by atoms with Crippen molar-refractivity contribution >= 4 is 22.2 Å². The standard InChI is InChI=1S/C31H61N12O2P3/c1-2-3-4-5-6-8-21-44-30-14-10-28(11-15-30)29-12-16-31(17-13-29)45-22-9-7-20-37-46(23-18-32)41-47(24-19-33,38-25-34)43-48(42-46,39-26-35)40-27-36/h10-17,37-40H,2-9,18-27,32-36H2,1H3. The number of benzene rings is 2. The number of nitrogens with two attached hydrogens (primary N) is 5. The number of hydrogen-bond donors (Lipinski definition) is 9. The minimum atomic E-state index is -2.68. The molecule has 2 unspecified atom stereocenters. The Bertz CT molecular complexity index is 1320. The van der Waals surface area contributed by atoms with Gasteiger partial charge in [0.05, 0.1) is 26.6 Å². The van der Waals surface area contributed by atoms with Crippen LogP contribution in [0.15, 0.2) is 62.1 Å². The second-order valence-corrected chi connectivity index (χ2v) is 20.0. The molecule has 2 aromatic rings. The highest BCUT2D eigenvalue weighted by Gasteiger charge is 2.35. The van der Waals surface area contributed by atoms with E-state index in [1.54, 1.807) is 0 Å². The van der Waals surface area contributed by atoms with Gasteiger partial charge in [-0.3, -0.25) is 10.2 Å². The van der Waals surface area contributed by atoms with Gasteiger partial charge in [0.2, 0.25) is 7.51 Å². The molecule has 14 nitrogen and oxygen atoms in total. The zero-order valence-corrected chi connectivity index (χ0v) is 31.4. The molecule has 2 atom stereocenters. The van der Waals surface area contributed by atoms with E-state index >= 15 is 0 Å². The van der Waals surface area contributed by atoms with Gasteiger partial charge in [0, 0.05) is 38.6 Å². The third-order valence-corrected chi connectivity index (χ3v) is 18.9. The van der Waals surface area contributed by atoms with Crippen LogP contribution in [0.1, 0.15) is 58.3 Å². The molecule has 0 saturated heterocycles. The van der Waals surface area contributed by atoms with Crippen molar-refractivity contribution in [2.75, 3.05) is 65.2 Å². The highest BCUT2D eigenvalue weighted by atomic mass is 31.3. The molecule has 1 aliphatic heterocycles. The summed E-state index contributed by atoms with van der Waals surface area (Å²) in [7, 11) is -7.66. The molecule has 0 bridgehead atoms. The summed E-state index contributed by atoms with van der Waals surface area (Å²) in [6.45, 7) is 5.70. The lowest BCUT2D eigenvalue weighted by molar-refractivity contribution is 0.304. The van der Waals surface area contributed by atoms with Gasteiger partial charge in [-0.05, 0) is 54.7 Å². The molecule has 1 aliphatic rings. The largest absolute Gasteiger partial charge is 0.494 e. The quantitative estimate of drug-likeness (QED) is 0.0343. The van der Waals surface area contributed by atoms with Gasteiger partial charge in [-0.2, -0.15) is 9.03 Å². The van der Waals surface area contributed by atoms with Gasteiger partial charge in [-0.25, -0.2) is 14.7 Å². The Hall–Kier alpha value is -1.63. The molecule has 3 rings (SSSR count). The summed E-state index contributed by atoms with van der Waals surface area (Å²) in [5.74, 6) is 1.76. The third-order valence-electron chi connectivity index (χ3n) is 7.71. The van der Waals surface area contributed by atoms with Crippen LogP contribution in [-0.2, 0) is 0 Å². The van der Waals surface area contributed by atoms with Crippen LogP contribution in [0.2, 0.25) is 0 Å². The second kappa shape index (κ2) is 22.2. The molecular formula is C31H61N12O2P3. The van der Waals surface area contributed by atoms with Crippen molar-refractivity contribution in [3.05, 3.63) is 48.5 Å². The first-order valence-electron chi connectivity index (χ1n) is 17.3. The fourth-order valence-electron chi connectivity index (χ4n) is 5.37. The molecule has 0 aromatic heterocycles. The van der Waals surface area contributed by atoms with Crippen molar-refractivity contribution in [3.63, 3.8) is 0 Å². The second-order valence-electron chi connectivity index (χ2n) is 11.6. The van der Waals surface area contributed by atoms with Crippen LogP contribution in [0.5, 0.6) is 11.5 Å². The van der Waals surface area contributed by atoms with Crippen LogP contribution >= 0.6 is 22.2 Å². The van der Waals surface area contributed by atoms with Crippen molar-refractivity contribution in [2.24, 2.45) is 42.2 Å². The van der Waals surface area contributed by atoms with Gasteiger partial charge in [0.15, 0.2) is 0 Å². The van der Waals surface area contributed by atoms with Crippen molar-refractivity contribution in [3.8, 4) is 22.6 Å². The average molecular weight is 727 g/mol. The van der Waals surface area contributed by atoms with Crippen molar-refractivity contribution < 1.29 is 9.47 Å². The van der Waals surface area contributed by atoms with Crippen LogP contribution in [0.25, 0.3) is 11.1 Å². The van der Waals surface area contributed by atoms with Crippen molar-refractivity contribution in [1.29, 1.82) is 0 Å². The van der Waals surface area contributed by atoms with Crippen LogP contribution in [0.3, 0.4) is 0 Å². The van der Waals surface area contributed by atoms with Gasteiger partial charge in [-0.1, -0.05) is 63.3 Å². The summed E-state index contributed by atoms with van der Waals surface area (Å²) in [4.78, 5) is 0. The molecule has 0 fully saturated rings. The molecule has 0 saturated carbocycles. The van der Waals surface area contributed by atoms with E-state index in [0.717, 1.165) is 48.5 Å². The molecule has 1 heterocycles. The van der Waals surface area contributed by atoms with Crippen molar-refractivity contribution in [2.45, 2.75) is 58.3 Å². The van der Waals surface area contributed by atoms with E-state index in [1.165, 1.54) is 32.1 Å². The minimum absolute atomic E-state index is 0.181. The predicted octanol–water partition coefficient (Wildman–Crippen LogP) is 5.30. The highest BCUT2D eigenvalue weighted by molar-refractivity contribution is 7.84. The first-order valence-corrected chi connectivity index (χ1v) is 22.7. The highest BCUT2D eigenvalue weighted by Crippen LogP contribution is 2.72. The zero-order chi connectivity index (χ0) is 34.6. The van der Waals surface area contributed by atoms with Crippen molar-refractivity contribution in [1.82, 2.24) is 20.3 Å². The van der Waals surface area contributed by atoms with E-state index in [9.17, 15) is 0 Å².